The van der Waals surface area contributed by atoms with Crippen molar-refractivity contribution in [2.24, 2.45) is 5.92 Å². The van der Waals surface area contributed by atoms with E-state index in [0.717, 1.165) is 53.7 Å². The average molecular weight is 533 g/mol. The first kappa shape index (κ1) is 28.3. The lowest BCUT2D eigenvalue weighted by molar-refractivity contribution is 0.112. The van der Waals surface area contributed by atoms with Gasteiger partial charge in [-0.3, -0.25) is 9.89 Å². The number of carbonyl (C=O) groups is 1. The number of benzene rings is 2. The first-order valence-electron chi connectivity index (χ1n) is 12.0. The predicted octanol–water partition coefficient (Wildman–Crippen LogP) is 4.44. The number of aromatic amines is 1. The Morgan fingerprint density at radius 2 is 1.89 bits per heavy atom. The summed E-state index contributed by atoms with van der Waals surface area (Å²) >= 11 is 0. The average Bonchev–Trinajstić information content (AvgIpc) is 3.29. The maximum Gasteiger partial charge on any atom is 0.152 e. The Hall–Kier alpha value is -3.31. The second-order valence-electron chi connectivity index (χ2n) is 9.31. The van der Waals surface area contributed by atoms with Gasteiger partial charge in [0, 0.05) is 81.5 Å². The van der Waals surface area contributed by atoms with Crippen LogP contribution in [0.3, 0.4) is 0 Å². The standard InChI is InChI=1S/C13H14F2N4OS.C13H20N2O/c1-16-13-11-7-19(3-2-12(11)17-18-13)21(20)10-5-8(14)4-9(15)6-10;1-10(2)8-14-13-7-12(15(3)4)6-5-11(13)9-16/h4-6H,2-3,7H2,1H3,(H2,16,17,18);5-7,9-10,14H,8H2,1-4H3. The Balaban J connectivity index is 0.000000214. The molecule has 1 atom stereocenters. The van der Waals surface area contributed by atoms with Gasteiger partial charge < -0.3 is 15.5 Å². The number of anilines is 3. The molecule has 11 heteroatoms. The number of H-pyrrole nitrogens is 1. The minimum atomic E-state index is -1.61. The molecule has 3 N–H and O–H groups in total. The number of fused-ring (bicyclic) bond motifs is 1. The number of aldehydes is 1. The molecule has 0 spiro atoms. The summed E-state index contributed by atoms with van der Waals surface area (Å²) in [5, 5.41) is 13.3. The van der Waals surface area contributed by atoms with Crippen molar-refractivity contribution in [1.82, 2.24) is 14.5 Å². The molecule has 0 aliphatic carbocycles. The molecule has 0 saturated heterocycles. The summed E-state index contributed by atoms with van der Waals surface area (Å²) < 4.78 is 40.7. The third-order valence-corrected chi connectivity index (χ3v) is 7.21. The molecule has 1 aromatic heterocycles. The van der Waals surface area contributed by atoms with E-state index in [1.54, 1.807) is 11.4 Å². The van der Waals surface area contributed by atoms with Gasteiger partial charge >= 0.3 is 0 Å². The molecule has 0 amide bonds. The predicted molar refractivity (Wildman–Crippen MR) is 144 cm³/mol. The molecule has 200 valence electrons. The summed E-state index contributed by atoms with van der Waals surface area (Å²) in [6, 6.07) is 8.78. The minimum Gasteiger partial charge on any atom is -0.384 e. The highest BCUT2D eigenvalue weighted by Gasteiger charge is 2.26. The van der Waals surface area contributed by atoms with E-state index in [1.165, 1.54) is 0 Å². The molecule has 2 aromatic carbocycles. The molecule has 0 fully saturated rings. The molecule has 0 radical (unpaired) electrons. The molecule has 8 nitrogen and oxygen atoms in total. The monoisotopic (exact) mass is 532 g/mol. The van der Waals surface area contributed by atoms with Gasteiger partial charge in [-0.25, -0.2) is 17.3 Å². The first-order chi connectivity index (χ1) is 17.6. The van der Waals surface area contributed by atoms with Gasteiger partial charge in [-0.15, -0.1) is 0 Å². The van der Waals surface area contributed by atoms with Crippen LogP contribution in [0.15, 0.2) is 41.3 Å². The molecular formula is C26H34F2N6O2S. The zero-order valence-electron chi connectivity index (χ0n) is 21.8. The van der Waals surface area contributed by atoms with Crippen molar-refractivity contribution < 1.29 is 17.8 Å². The number of carbonyl (C=O) groups excluding carboxylic acids is 1. The quantitative estimate of drug-likeness (QED) is 0.372. The highest BCUT2D eigenvalue weighted by atomic mass is 32.2. The van der Waals surface area contributed by atoms with Crippen LogP contribution in [0.1, 0.15) is 35.5 Å². The summed E-state index contributed by atoms with van der Waals surface area (Å²) in [5.74, 6) is -0.190. The summed E-state index contributed by atoms with van der Waals surface area (Å²) in [4.78, 5) is 13.1. The van der Waals surface area contributed by atoms with E-state index in [2.05, 4.69) is 34.7 Å². The Labute approximate surface area is 219 Å². The summed E-state index contributed by atoms with van der Waals surface area (Å²) in [6.45, 7) is 6.10. The highest BCUT2D eigenvalue weighted by Crippen LogP contribution is 2.26. The van der Waals surface area contributed by atoms with Crippen LogP contribution in [0.2, 0.25) is 0 Å². The van der Waals surface area contributed by atoms with Crippen molar-refractivity contribution in [3.05, 3.63) is 64.9 Å². The number of aromatic nitrogens is 2. The number of hydrogen-bond donors (Lipinski definition) is 3. The second-order valence-corrected chi connectivity index (χ2v) is 10.8. The van der Waals surface area contributed by atoms with Crippen LogP contribution in [-0.4, -0.2) is 59.2 Å². The molecule has 1 unspecified atom stereocenters. The maximum absolute atomic E-state index is 13.2. The zero-order chi connectivity index (χ0) is 27.1. The van der Waals surface area contributed by atoms with Gasteiger partial charge in [0.1, 0.15) is 22.6 Å². The number of halogens is 2. The lowest BCUT2D eigenvalue weighted by Gasteiger charge is -2.25. The van der Waals surface area contributed by atoms with Crippen LogP contribution in [-0.2, 0) is 24.0 Å². The third-order valence-electron chi connectivity index (χ3n) is 5.79. The number of rotatable bonds is 8. The minimum absolute atomic E-state index is 0.130. The number of hydrogen-bond acceptors (Lipinski definition) is 6. The van der Waals surface area contributed by atoms with Crippen LogP contribution in [0.4, 0.5) is 26.0 Å². The van der Waals surface area contributed by atoms with E-state index in [1.807, 2.05) is 37.2 Å². The van der Waals surface area contributed by atoms with Crippen molar-refractivity contribution >= 4 is 34.5 Å². The normalized spacial score (nSPS) is 13.8. The van der Waals surface area contributed by atoms with E-state index in [-0.39, 0.29) is 4.90 Å². The molecule has 3 aromatic rings. The molecule has 37 heavy (non-hydrogen) atoms. The zero-order valence-corrected chi connectivity index (χ0v) is 22.6. The van der Waals surface area contributed by atoms with Crippen molar-refractivity contribution in [3.8, 4) is 0 Å². The molecule has 1 aliphatic heterocycles. The van der Waals surface area contributed by atoms with Crippen LogP contribution in [0.25, 0.3) is 0 Å². The third kappa shape index (κ3) is 7.36. The molecule has 2 heterocycles. The summed E-state index contributed by atoms with van der Waals surface area (Å²) in [6.07, 6.45) is 1.55. The van der Waals surface area contributed by atoms with E-state index in [9.17, 15) is 17.8 Å². The van der Waals surface area contributed by atoms with Crippen LogP contribution >= 0.6 is 0 Å². The van der Waals surface area contributed by atoms with Gasteiger partial charge in [-0.05, 0) is 36.2 Å². The van der Waals surface area contributed by atoms with Gasteiger partial charge in [-0.1, -0.05) is 13.8 Å². The molecule has 0 bridgehead atoms. The van der Waals surface area contributed by atoms with Crippen molar-refractivity contribution in [2.45, 2.75) is 31.7 Å². The van der Waals surface area contributed by atoms with Crippen molar-refractivity contribution in [2.75, 3.05) is 49.8 Å². The van der Waals surface area contributed by atoms with Gasteiger partial charge in [0.25, 0.3) is 0 Å². The number of nitrogens with zero attached hydrogens (tertiary/aromatic N) is 3. The van der Waals surface area contributed by atoms with Crippen LogP contribution < -0.4 is 15.5 Å². The second kappa shape index (κ2) is 12.8. The van der Waals surface area contributed by atoms with Crippen molar-refractivity contribution in [1.29, 1.82) is 0 Å². The SMILES string of the molecule is CC(C)CNc1cc(N(C)C)ccc1C=O.CNc1n[nH]c2c1CN(S(=O)c1cc(F)cc(F)c1)CC2. The number of nitrogens with one attached hydrogen (secondary N) is 3. The topological polar surface area (TPSA) is 93.4 Å². The van der Waals surface area contributed by atoms with E-state index in [4.69, 9.17) is 0 Å². The van der Waals surface area contributed by atoms with Gasteiger partial charge in [0.15, 0.2) is 12.1 Å². The smallest absolute Gasteiger partial charge is 0.152 e. The van der Waals surface area contributed by atoms with E-state index < -0.39 is 22.6 Å². The van der Waals surface area contributed by atoms with Crippen molar-refractivity contribution in [3.63, 3.8) is 0 Å². The largest absolute Gasteiger partial charge is 0.384 e. The van der Waals surface area contributed by atoms with E-state index >= 15 is 0 Å². The summed E-state index contributed by atoms with van der Waals surface area (Å²) in [5.41, 5.74) is 4.66. The fourth-order valence-electron chi connectivity index (χ4n) is 3.79. The lowest BCUT2D eigenvalue weighted by Crippen LogP contribution is -2.32. The summed E-state index contributed by atoms with van der Waals surface area (Å²) in [7, 11) is 4.13. The van der Waals surface area contributed by atoms with E-state index in [0.29, 0.717) is 36.8 Å². The van der Waals surface area contributed by atoms with Crippen LogP contribution in [0.5, 0.6) is 0 Å². The Morgan fingerprint density at radius 1 is 1.19 bits per heavy atom. The fraction of sp³-hybridized carbons (Fsp3) is 0.385. The Bertz CT molecular complexity index is 1210. The maximum atomic E-state index is 13.2. The lowest BCUT2D eigenvalue weighted by atomic mass is 10.1. The molecular weight excluding hydrogens is 498 g/mol. The Morgan fingerprint density at radius 3 is 2.49 bits per heavy atom. The van der Waals surface area contributed by atoms with Gasteiger partial charge in [0.05, 0.1) is 4.90 Å². The first-order valence-corrected chi connectivity index (χ1v) is 13.1. The van der Waals surface area contributed by atoms with Gasteiger partial charge in [0.2, 0.25) is 0 Å². The fourth-order valence-corrected chi connectivity index (χ4v) is 5.02. The molecule has 4 rings (SSSR count). The van der Waals surface area contributed by atoms with Crippen LogP contribution in [0, 0.1) is 17.6 Å². The highest BCUT2D eigenvalue weighted by molar-refractivity contribution is 7.82. The Kier molecular flexibility index (Phi) is 9.76. The molecule has 1 aliphatic rings. The van der Waals surface area contributed by atoms with Gasteiger partial charge in [-0.2, -0.15) is 5.10 Å². The molecule has 0 saturated carbocycles.